The van der Waals surface area contributed by atoms with Crippen LogP contribution in [0.1, 0.15) is 25.7 Å². The van der Waals surface area contributed by atoms with E-state index in [1.54, 1.807) is 0 Å². The second-order valence-electron chi connectivity index (χ2n) is 2.51. The normalized spacial score (nSPS) is 24.6. The Bertz CT molecular complexity index is 154. The van der Waals surface area contributed by atoms with Crippen LogP contribution in [-0.4, -0.2) is 23.3 Å². The lowest BCUT2D eigenvalue weighted by molar-refractivity contribution is -0.137. The van der Waals surface area contributed by atoms with Crippen molar-refractivity contribution < 1.29 is 9.90 Å². The van der Waals surface area contributed by atoms with Crippen molar-refractivity contribution in [2.24, 2.45) is 4.99 Å². The molecule has 0 saturated heterocycles. The predicted octanol–water partition coefficient (Wildman–Crippen LogP) is 1.08. The van der Waals surface area contributed by atoms with Crippen LogP contribution in [0, 0.1) is 0 Å². The Kier molecular flexibility index (Phi) is 2.42. The smallest absolute Gasteiger partial charge is 0.305 e. The van der Waals surface area contributed by atoms with E-state index in [4.69, 9.17) is 5.11 Å². The molecule has 10 heavy (non-hydrogen) atoms. The molecule has 1 atom stereocenters. The zero-order valence-corrected chi connectivity index (χ0v) is 5.79. The lowest BCUT2D eigenvalue weighted by Crippen LogP contribution is -2.14. The molecule has 0 bridgehead atoms. The van der Waals surface area contributed by atoms with Gasteiger partial charge in [0.2, 0.25) is 0 Å². The molecule has 0 aromatic heterocycles. The third kappa shape index (κ3) is 2.17. The number of carboxylic acids is 1. The number of hydrogen-bond donors (Lipinski definition) is 1. The lowest BCUT2D eigenvalue weighted by atomic mass is 10.1. The van der Waals surface area contributed by atoms with Crippen LogP contribution in [0.15, 0.2) is 4.99 Å². The summed E-state index contributed by atoms with van der Waals surface area (Å²) in [6.07, 6.45) is 5.05. The molecule has 0 saturated carbocycles. The minimum Gasteiger partial charge on any atom is -0.481 e. The molecule has 1 unspecified atom stereocenters. The third-order valence-corrected chi connectivity index (χ3v) is 1.60. The molecule has 0 aromatic carbocycles. The van der Waals surface area contributed by atoms with Gasteiger partial charge in [-0.05, 0) is 25.5 Å². The fourth-order valence-electron chi connectivity index (χ4n) is 1.10. The summed E-state index contributed by atoms with van der Waals surface area (Å²) in [5.41, 5.74) is 0. The molecule has 0 fully saturated rings. The van der Waals surface area contributed by atoms with Gasteiger partial charge in [-0.2, -0.15) is 0 Å². The molecule has 1 N–H and O–H groups in total. The van der Waals surface area contributed by atoms with Crippen LogP contribution in [0.4, 0.5) is 0 Å². The fraction of sp³-hybridized carbons (Fsp3) is 0.714. The third-order valence-electron chi connectivity index (χ3n) is 1.60. The van der Waals surface area contributed by atoms with Gasteiger partial charge in [-0.25, -0.2) is 0 Å². The molecule has 0 aliphatic carbocycles. The summed E-state index contributed by atoms with van der Waals surface area (Å²) in [5.74, 6) is -0.746. The zero-order chi connectivity index (χ0) is 7.40. The Morgan fingerprint density at radius 2 is 2.60 bits per heavy atom. The highest BCUT2D eigenvalue weighted by molar-refractivity contribution is 5.68. The minimum absolute atomic E-state index is 0.0475. The topological polar surface area (TPSA) is 49.7 Å². The van der Waals surface area contributed by atoms with E-state index in [0.717, 1.165) is 19.3 Å². The van der Waals surface area contributed by atoms with Crippen molar-refractivity contribution in [3.63, 3.8) is 0 Å². The first-order valence-corrected chi connectivity index (χ1v) is 3.52. The van der Waals surface area contributed by atoms with E-state index in [2.05, 4.69) is 4.99 Å². The molecule has 0 spiro atoms. The van der Waals surface area contributed by atoms with E-state index >= 15 is 0 Å². The van der Waals surface area contributed by atoms with E-state index in [1.807, 2.05) is 6.21 Å². The summed E-state index contributed by atoms with van der Waals surface area (Å²) in [6, 6.07) is 0.0475. The summed E-state index contributed by atoms with van der Waals surface area (Å²) in [6.45, 7) is 0. The van der Waals surface area contributed by atoms with Gasteiger partial charge in [-0.1, -0.05) is 0 Å². The molecule has 56 valence electrons. The Balaban J connectivity index is 2.33. The number of carbonyl (C=O) groups is 1. The van der Waals surface area contributed by atoms with Gasteiger partial charge < -0.3 is 5.11 Å². The maximum Gasteiger partial charge on any atom is 0.305 e. The quantitative estimate of drug-likeness (QED) is 0.625. The van der Waals surface area contributed by atoms with E-state index in [-0.39, 0.29) is 12.5 Å². The highest BCUT2D eigenvalue weighted by Crippen LogP contribution is 2.12. The first-order valence-electron chi connectivity index (χ1n) is 3.52. The van der Waals surface area contributed by atoms with Gasteiger partial charge >= 0.3 is 5.97 Å². The van der Waals surface area contributed by atoms with Gasteiger partial charge in [0.15, 0.2) is 0 Å². The van der Waals surface area contributed by atoms with Crippen LogP contribution in [0.2, 0.25) is 0 Å². The molecule has 1 aliphatic rings. The van der Waals surface area contributed by atoms with Gasteiger partial charge in [-0.15, -0.1) is 0 Å². The van der Waals surface area contributed by atoms with Crippen molar-refractivity contribution in [1.82, 2.24) is 0 Å². The Hall–Kier alpha value is -0.860. The van der Waals surface area contributed by atoms with Crippen molar-refractivity contribution in [1.29, 1.82) is 0 Å². The monoisotopic (exact) mass is 141 g/mol. The summed E-state index contributed by atoms with van der Waals surface area (Å²) < 4.78 is 0. The number of aliphatic carboxylic acids is 1. The molecule has 3 heteroatoms. The van der Waals surface area contributed by atoms with Crippen molar-refractivity contribution in [3.05, 3.63) is 0 Å². The number of carboxylic acid groups (broad SMARTS) is 1. The fourth-order valence-corrected chi connectivity index (χ4v) is 1.10. The van der Waals surface area contributed by atoms with Gasteiger partial charge in [0.1, 0.15) is 0 Å². The van der Waals surface area contributed by atoms with E-state index in [0.29, 0.717) is 0 Å². The average Bonchev–Trinajstić information content (AvgIpc) is 1.88. The predicted molar refractivity (Wildman–Crippen MR) is 38.4 cm³/mol. The number of rotatable bonds is 2. The molecule has 1 rings (SSSR count). The van der Waals surface area contributed by atoms with Crippen LogP contribution in [0.5, 0.6) is 0 Å². The molecule has 1 aliphatic heterocycles. The maximum absolute atomic E-state index is 10.2. The number of nitrogens with zero attached hydrogens (tertiary/aromatic N) is 1. The van der Waals surface area contributed by atoms with Crippen molar-refractivity contribution in [2.75, 3.05) is 0 Å². The molecule has 0 aromatic rings. The van der Waals surface area contributed by atoms with Crippen LogP contribution in [-0.2, 0) is 4.79 Å². The summed E-state index contributed by atoms with van der Waals surface area (Å²) in [5, 5.41) is 8.39. The largest absolute Gasteiger partial charge is 0.481 e. The van der Waals surface area contributed by atoms with E-state index in [9.17, 15) is 4.79 Å². The second kappa shape index (κ2) is 3.34. The zero-order valence-electron chi connectivity index (χ0n) is 5.79. The first-order chi connectivity index (χ1) is 4.79. The van der Waals surface area contributed by atoms with E-state index < -0.39 is 5.97 Å². The highest BCUT2D eigenvalue weighted by Gasteiger charge is 2.12. The average molecular weight is 141 g/mol. The van der Waals surface area contributed by atoms with Crippen LogP contribution in [0.25, 0.3) is 0 Å². The van der Waals surface area contributed by atoms with Gasteiger partial charge in [0, 0.05) is 0 Å². The second-order valence-corrected chi connectivity index (χ2v) is 2.51. The Labute approximate surface area is 59.8 Å². The van der Waals surface area contributed by atoms with Crippen molar-refractivity contribution >= 4 is 12.2 Å². The molecular weight excluding hydrogens is 130 g/mol. The standard InChI is InChI=1S/C7H11NO2/c9-7(10)5-6-3-1-2-4-8-6/h4,6H,1-3,5H2,(H,9,10). The lowest BCUT2D eigenvalue weighted by Gasteiger charge is -2.12. The summed E-state index contributed by atoms with van der Waals surface area (Å²) >= 11 is 0. The van der Waals surface area contributed by atoms with E-state index in [1.165, 1.54) is 0 Å². The summed E-state index contributed by atoms with van der Waals surface area (Å²) in [4.78, 5) is 14.3. The highest BCUT2D eigenvalue weighted by atomic mass is 16.4. The molecule has 3 nitrogen and oxygen atoms in total. The van der Waals surface area contributed by atoms with Crippen LogP contribution >= 0.6 is 0 Å². The SMILES string of the molecule is O=C(O)CC1CCCC=N1. The minimum atomic E-state index is -0.746. The maximum atomic E-state index is 10.2. The Morgan fingerprint density at radius 1 is 1.80 bits per heavy atom. The number of aliphatic imine (C=N–C) groups is 1. The molecular formula is C7H11NO2. The number of hydrogen-bond acceptors (Lipinski definition) is 2. The summed E-state index contributed by atoms with van der Waals surface area (Å²) in [7, 11) is 0. The first kappa shape index (κ1) is 7.25. The van der Waals surface area contributed by atoms with Gasteiger partial charge in [0.05, 0.1) is 12.5 Å². The van der Waals surface area contributed by atoms with Crippen molar-refractivity contribution in [3.8, 4) is 0 Å². The molecule has 0 amide bonds. The molecule has 0 radical (unpaired) electrons. The Morgan fingerprint density at radius 3 is 3.10 bits per heavy atom. The van der Waals surface area contributed by atoms with Crippen molar-refractivity contribution in [2.45, 2.75) is 31.7 Å². The van der Waals surface area contributed by atoms with Gasteiger partial charge in [0.25, 0.3) is 0 Å². The van der Waals surface area contributed by atoms with Crippen LogP contribution in [0.3, 0.4) is 0 Å². The van der Waals surface area contributed by atoms with Crippen LogP contribution < -0.4 is 0 Å². The van der Waals surface area contributed by atoms with Gasteiger partial charge in [-0.3, -0.25) is 9.79 Å². The molecule has 1 heterocycles.